The molecule has 0 saturated carbocycles. The first-order valence-electron chi connectivity index (χ1n) is 18.4. The molecule has 0 saturated heterocycles. The molecule has 0 aliphatic carbocycles. The summed E-state index contributed by atoms with van der Waals surface area (Å²) in [4.78, 5) is 14.2. The van der Waals surface area contributed by atoms with Crippen molar-refractivity contribution in [3.05, 3.63) is 205 Å². The number of fused-ring (bicyclic) bond motifs is 4. The summed E-state index contributed by atoms with van der Waals surface area (Å²) >= 11 is 0. The van der Waals surface area contributed by atoms with Gasteiger partial charge in [-0.15, -0.1) is 0 Å². The Morgan fingerprint density at radius 3 is 1.85 bits per heavy atom. The van der Waals surface area contributed by atoms with Crippen molar-refractivity contribution in [1.29, 1.82) is 0 Å². The van der Waals surface area contributed by atoms with Gasteiger partial charge < -0.3 is 4.42 Å². The average molecular weight is 710 g/mol. The Morgan fingerprint density at radius 1 is 0.600 bits per heavy atom. The molecule has 0 N–H and O–H groups in total. The molecular formula is C51H39N3O. The summed E-state index contributed by atoms with van der Waals surface area (Å²) in [7, 11) is 0. The van der Waals surface area contributed by atoms with Gasteiger partial charge in [0.2, 0.25) is 0 Å². The molecule has 8 aromatic rings. The van der Waals surface area contributed by atoms with Gasteiger partial charge in [-0.25, -0.2) is 9.98 Å². The Morgan fingerprint density at radius 2 is 1.20 bits per heavy atom. The zero-order valence-corrected chi connectivity index (χ0v) is 30.7. The van der Waals surface area contributed by atoms with Gasteiger partial charge in [0, 0.05) is 21.9 Å². The minimum Gasteiger partial charge on any atom is -0.456 e. The summed E-state index contributed by atoms with van der Waals surface area (Å²) in [6, 6.07) is 55.0. The van der Waals surface area contributed by atoms with E-state index in [0.717, 1.165) is 72.0 Å². The van der Waals surface area contributed by atoms with Gasteiger partial charge in [-0.1, -0.05) is 146 Å². The van der Waals surface area contributed by atoms with E-state index in [4.69, 9.17) is 14.4 Å². The highest BCUT2D eigenvalue weighted by molar-refractivity contribution is 6.14. The maximum atomic E-state index is 6.27. The first-order valence-corrected chi connectivity index (χ1v) is 18.4. The third kappa shape index (κ3) is 7.53. The van der Waals surface area contributed by atoms with Crippen molar-refractivity contribution in [2.24, 2.45) is 15.0 Å². The molecular weight excluding hydrogens is 671 g/mol. The third-order valence-corrected chi connectivity index (χ3v) is 9.78. The molecule has 0 aliphatic heterocycles. The molecule has 55 heavy (non-hydrogen) atoms. The van der Waals surface area contributed by atoms with Gasteiger partial charge >= 0.3 is 0 Å². The third-order valence-electron chi connectivity index (χ3n) is 9.78. The fraction of sp³-hybridized carbons (Fsp3) is 0.0392. The van der Waals surface area contributed by atoms with Crippen LogP contribution in [0.25, 0.3) is 66.1 Å². The van der Waals surface area contributed by atoms with Gasteiger partial charge in [0.1, 0.15) is 11.2 Å². The molecule has 0 aliphatic rings. The predicted octanol–water partition coefficient (Wildman–Crippen LogP) is 13.5. The Bertz CT molecular complexity index is 2830. The predicted molar refractivity (Wildman–Crippen MR) is 234 cm³/mol. The first-order chi connectivity index (χ1) is 27.1. The molecule has 0 amide bonds. The van der Waals surface area contributed by atoms with E-state index < -0.39 is 0 Å². The number of nitrogens with zero attached hydrogens (tertiary/aromatic N) is 3. The number of aliphatic imine (C=N–C) groups is 3. The minimum atomic E-state index is 0.490. The quantitative estimate of drug-likeness (QED) is 0.0836. The van der Waals surface area contributed by atoms with Crippen molar-refractivity contribution < 1.29 is 4.42 Å². The lowest BCUT2D eigenvalue weighted by Gasteiger charge is -2.10. The minimum absolute atomic E-state index is 0.490. The topological polar surface area (TPSA) is 50.2 Å². The van der Waals surface area contributed by atoms with Crippen molar-refractivity contribution in [2.75, 3.05) is 0 Å². The van der Waals surface area contributed by atoms with Gasteiger partial charge in [-0.2, -0.15) is 0 Å². The van der Waals surface area contributed by atoms with E-state index in [-0.39, 0.29) is 0 Å². The molecule has 0 radical (unpaired) electrons. The molecule has 4 heteroatoms. The lowest BCUT2D eigenvalue weighted by atomic mass is 9.95. The first kappa shape index (κ1) is 34.9. The average Bonchev–Trinajstić information content (AvgIpc) is 3.60. The second-order valence-electron chi connectivity index (χ2n) is 13.3. The maximum absolute atomic E-state index is 6.27. The van der Waals surface area contributed by atoms with Crippen LogP contribution in [0.15, 0.2) is 214 Å². The molecule has 4 nitrogen and oxygen atoms in total. The Labute approximate surface area is 321 Å². The van der Waals surface area contributed by atoms with Crippen molar-refractivity contribution in [3.63, 3.8) is 0 Å². The number of rotatable bonds is 9. The Hall–Kier alpha value is -7.17. The highest BCUT2D eigenvalue weighted by Gasteiger charge is 2.12. The summed E-state index contributed by atoms with van der Waals surface area (Å²) in [6.07, 6.45) is 7.57. The number of allylic oxidation sites excluding steroid dienone is 3. The second-order valence-corrected chi connectivity index (χ2v) is 13.3. The zero-order valence-electron chi connectivity index (χ0n) is 30.7. The molecule has 1 aromatic heterocycles. The van der Waals surface area contributed by atoms with E-state index in [1.807, 2.05) is 55.5 Å². The molecule has 0 spiro atoms. The van der Waals surface area contributed by atoms with Crippen LogP contribution in [0.3, 0.4) is 0 Å². The van der Waals surface area contributed by atoms with Crippen molar-refractivity contribution >= 4 is 51.1 Å². The van der Waals surface area contributed by atoms with Gasteiger partial charge in [-0.3, -0.25) is 4.99 Å². The van der Waals surface area contributed by atoms with Gasteiger partial charge in [0.05, 0.1) is 6.54 Å². The van der Waals surface area contributed by atoms with Crippen LogP contribution in [0.5, 0.6) is 0 Å². The number of hydrogen-bond acceptors (Lipinski definition) is 2. The van der Waals surface area contributed by atoms with Crippen LogP contribution in [0.1, 0.15) is 18.1 Å². The number of amidine groups is 2. The highest BCUT2D eigenvalue weighted by atomic mass is 16.3. The summed E-state index contributed by atoms with van der Waals surface area (Å²) in [5, 5.41) is 4.63. The number of hydrogen-bond donors (Lipinski definition) is 0. The summed E-state index contributed by atoms with van der Waals surface area (Å²) in [5.74, 6) is 1.08. The van der Waals surface area contributed by atoms with E-state index >= 15 is 0 Å². The van der Waals surface area contributed by atoms with Crippen molar-refractivity contribution in [2.45, 2.75) is 13.5 Å². The van der Waals surface area contributed by atoms with Crippen LogP contribution in [0.2, 0.25) is 0 Å². The van der Waals surface area contributed by atoms with Crippen molar-refractivity contribution in [3.8, 4) is 33.4 Å². The monoisotopic (exact) mass is 709 g/mol. The normalized spacial score (nSPS) is 12.6. The number of furan rings is 1. The van der Waals surface area contributed by atoms with Gasteiger partial charge in [-0.05, 0) is 106 Å². The summed E-state index contributed by atoms with van der Waals surface area (Å²) in [6.45, 7) is 10.2. The van der Waals surface area contributed by atoms with Crippen LogP contribution < -0.4 is 0 Å². The largest absolute Gasteiger partial charge is 0.456 e. The highest BCUT2D eigenvalue weighted by Crippen LogP contribution is 2.36. The SMILES string of the molecule is C=C/C=C\C(=C/C)C(=NCc1ccccc1)N=C(N=C)c1cccc(-c2cccc(-c3cccc(-c4ccc5oc6cc7ccccc7cc6c5c4)c3)c2)c1. The van der Waals surface area contributed by atoms with E-state index in [9.17, 15) is 0 Å². The fourth-order valence-corrected chi connectivity index (χ4v) is 6.94. The van der Waals surface area contributed by atoms with Crippen LogP contribution >= 0.6 is 0 Å². The lowest BCUT2D eigenvalue weighted by Crippen LogP contribution is -2.06. The van der Waals surface area contributed by atoms with E-state index in [1.54, 1.807) is 6.08 Å². The van der Waals surface area contributed by atoms with Crippen LogP contribution in [-0.2, 0) is 6.54 Å². The lowest BCUT2D eigenvalue weighted by molar-refractivity contribution is 0.669. The Balaban J connectivity index is 1.11. The molecule has 0 unspecified atom stereocenters. The molecule has 1 heterocycles. The number of benzene rings is 7. The van der Waals surface area contributed by atoms with Crippen molar-refractivity contribution in [1.82, 2.24) is 0 Å². The summed E-state index contributed by atoms with van der Waals surface area (Å²) in [5.41, 5.74) is 11.3. The zero-order chi connectivity index (χ0) is 37.6. The van der Waals surface area contributed by atoms with Crippen LogP contribution in [0, 0.1) is 0 Å². The second kappa shape index (κ2) is 15.8. The standard InChI is InChI=1S/C51H39N3O/c1-4-6-17-36(5-2)51(53-34-35-15-8-7-9-16-35)54-50(52-3)45-25-14-24-41(30-45)39-22-12-20-37(28-39)38-21-13-23-40(29-38)44-26-27-48-46(32-44)47-31-42-18-10-11-19-43(42)33-49(47)55-48/h4-33H,1,3,34H2,2H3/b17-6-,36-5+,53-51?,54-50?. The molecule has 0 fully saturated rings. The van der Waals surface area contributed by atoms with Crippen LogP contribution in [0.4, 0.5) is 0 Å². The maximum Gasteiger partial charge on any atom is 0.161 e. The fourth-order valence-electron chi connectivity index (χ4n) is 6.94. The molecule has 0 atom stereocenters. The molecule has 8 rings (SSSR count). The van der Waals surface area contributed by atoms with Gasteiger partial charge in [0.15, 0.2) is 11.7 Å². The molecule has 7 aromatic carbocycles. The van der Waals surface area contributed by atoms with E-state index in [0.29, 0.717) is 18.2 Å². The Kier molecular flexibility index (Phi) is 10.0. The molecule has 0 bridgehead atoms. The smallest absolute Gasteiger partial charge is 0.161 e. The van der Waals surface area contributed by atoms with E-state index in [1.165, 1.54) is 10.8 Å². The summed E-state index contributed by atoms with van der Waals surface area (Å²) < 4.78 is 6.27. The molecule has 264 valence electrons. The van der Waals surface area contributed by atoms with E-state index in [2.05, 4.69) is 146 Å². The van der Waals surface area contributed by atoms with Gasteiger partial charge in [0.25, 0.3) is 0 Å². The van der Waals surface area contributed by atoms with Crippen LogP contribution in [-0.4, -0.2) is 18.4 Å².